The third-order valence-corrected chi connectivity index (χ3v) is 20.4. The predicted octanol–water partition coefficient (Wildman–Crippen LogP) is -0.839. The molecule has 0 amide bonds. The van der Waals surface area contributed by atoms with E-state index in [0.717, 1.165) is 31.3 Å². The van der Waals surface area contributed by atoms with Gasteiger partial charge in [-0.25, -0.2) is 0 Å². The zero-order chi connectivity index (χ0) is 53.1. The molecule has 8 fully saturated rings. The van der Waals surface area contributed by atoms with Gasteiger partial charge in [-0.3, -0.25) is 4.79 Å². The van der Waals surface area contributed by atoms with Gasteiger partial charge in [0.1, 0.15) is 85.5 Å². The average Bonchev–Trinajstić information content (AvgIpc) is 3.35. The van der Waals surface area contributed by atoms with Crippen LogP contribution in [-0.2, 0) is 42.7 Å². The number of hydrogen-bond acceptors (Lipinski definition) is 21. The summed E-state index contributed by atoms with van der Waals surface area (Å²) in [7, 11) is 0. The first kappa shape index (κ1) is 55.9. The highest BCUT2D eigenvalue weighted by atomic mass is 16.8. The molecule has 0 bridgehead atoms. The molecule has 9 rings (SSSR count). The lowest BCUT2D eigenvalue weighted by atomic mass is 9.34. The molecule has 0 aromatic carbocycles. The second-order valence-corrected chi connectivity index (χ2v) is 24.4. The molecule has 0 aromatic heterocycles. The molecule has 21 nitrogen and oxygen atoms in total. The van der Waals surface area contributed by atoms with Crippen LogP contribution in [0.2, 0.25) is 0 Å². The summed E-state index contributed by atoms with van der Waals surface area (Å²) in [6, 6.07) is 0. The van der Waals surface area contributed by atoms with Crippen LogP contribution < -0.4 is 0 Å². The highest BCUT2D eigenvalue weighted by Crippen LogP contribution is 2.75. The first-order valence-corrected chi connectivity index (χ1v) is 26.4. The van der Waals surface area contributed by atoms with E-state index in [4.69, 9.17) is 37.9 Å². The van der Waals surface area contributed by atoms with Crippen LogP contribution in [0.1, 0.15) is 106 Å². The number of allylic oxidation sites excluding steroid dienone is 3. The fourth-order valence-electron chi connectivity index (χ4n) is 15.8. The van der Waals surface area contributed by atoms with Crippen molar-refractivity contribution in [3.8, 4) is 0 Å². The molecule has 4 saturated carbocycles. The molecular formula is C52H82O21. The zero-order valence-electron chi connectivity index (χ0n) is 42.8. The molecule has 12 N–H and O–H groups in total. The summed E-state index contributed by atoms with van der Waals surface area (Å²) in [5.74, 6) is -0.436. The Labute approximate surface area is 426 Å². The van der Waals surface area contributed by atoms with Crippen LogP contribution in [-0.4, -0.2) is 210 Å². The Kier molecular flexibility index (Phi) is 15.7. The van der Waals surface area contributed by atoms with Gasteiger partial charge in [-0.15, -0.1) is 0 Å². The van der Waals surface area contributed by atoms with E-state index in [9.17, 15) is 66.1 Å². The largest absolute Gasteiger partial charge is 0.432 e. The van der Waals surface area contributed by atoms with Gasteiger partial charge in [0.25, 0.3) is 0 Å². The molecule has 27 atom stereocenters. The molecule has 0 aromatic rings. The summed E-state index contributed by atoms with van der Waals surface area (Å²) in [5.41, 5.74) is 0.0640. The predicted molar refractivity (Wildman–Crippen MR) is 251 cm³/mol. The Morgan fingerprint density at radius 1 is 0.658 bits per heavy atom. The topological polar surface area (TPSA) is 334 Å². The third-order valence-electron chi connectivity index (χ3n) is 20.4. The van der Waals surface area contributed by atoms with Crippen molar-refractivity contribution in [1.29, 1.82) is 0 Å². The lowest BCUT2D eigenvalue weighted by Gasteiger charge is -2.71. The van der Waals surface area contributed by atoms with E-state index in [2.05, 4.69) is 47.3 Å². The molecule has 4 saturated heterocycles. The normalized spacial score (nSPS) is 54.0. The van der Waals surface area contributed by atoms with Gasteiger partial charge in [-0.1, -0.05) is 58.4 Å². The van der Waals surface area contributed by atoms with E-state index in [1.54, 1.807) is 0 Å². The highest BCUT2D eigenvalue weighted by molar-refractivity contribution is 5.79. The van der Waals surface area contributed by atoms with Gasteiger partial charge in [0.2, 0.25) is 6.29 Å². The average molecular weight is 1040 g/mol. The van der Waals surface area contributed by atoms with Crippen molar-refractivity contribution in [2.45, 2.75) is 229 Å². The second kappa shape index (κ2) is 20.4. The summed E-state index contributed by atoms with van der Waals surface area (Å²) < 4.78 is 48.3. The molecule has 5 aliphatic carbocycles. The van der Waals surface area contributed by atoms with E-state index in [-0.39, 0.29) is 34.0 Å². The highest BCUT2D eigenvalue weighted by Gasteiger charge is 2.70. The number of aliphatic hydroxyl groups is 12. The molecule has 73 heavy (non-hydrogen) atoms. The maximum absolute atomic E-state index is 14.6. The van der Waals surface area contributed by atoms with Gasteiger partial charge in [-0.2, -0.15) is 0 Å². The van der Waals surface area contributed by atoms with Crippen molar-refractivity contribution in [2.24, 2.45) is 44.8 Å². The van der Waals surface area contributed by atoms with Crippen LogP contribution in [0, 0.1) is 44.8 Å². The first-order chi connectivity index (χ1) is 34.3. The maximum Gasteiger partial charge on any atom is 0.315 e. The first-order valence-electron chi connectivity index (χ1n) is 26.4. The van der Waals surface area contributed by atoms with Crippen molar-refractivity contribution in [3.63, 3.8) is 0 Å². The third kappa shape index (κ3) is 9.02. The number of carbonyl (C=O) groups is 1. The van der Waals surface area contributed by atoms with Crippen LogP contribution in [0.4, 0.5) is 0 Å². The lowest BCUT2D eigenvalue weighted by molar-refractivity contribution is -0.388. The van der Waals surface area contributed by atoms with Gasteiger partial charge in [0.15, 0.2) is 18.9 Å². The van der Waals surface area contributed by atoms with Crippen molar-refractivity contribution in [1.82, 2.24) is 0 Å². The summed E-state index contributed by atoms with van der Waals surface area (Å²) in [4.78, 5) is 14.6. The zero-order valence-corrected chi connectivity index (χ0v) is 42.8. The molecule has 416 valence electrons. The van der Waals surface area contributed by atoms with Crippen LogP contribution >= 0.6 is 0 Å². The summed E-state index contributed by atoms with van der Waals surface area (Å²) in [5, 5.41) is 128. The van der Waals surface area contributed by atoms with E-state index >= 15 is 0 Å². The Bertz CT molecular complexity index is 2040. The Hall–Kier alpha value is -1.81. The van der Waals surface area contributed by atoms with Gasteiger partial charge in [0.05, 0.1) is 37.4 Å². The van der Waals surface area contributed by atoms with E-state index in [1.165, 1.54) is 12.5 Å². The Morgan fingerprint density at radius 2 is 1.29 bits per heavy atom. The van der Waals surface area contributed by atoms with Gasteiger partial charge >= 0.3 is 5.97 Å². The van der Waals surface area contributed by atoms with Crippen molar-refractivity contribution in [2.75, 3.05) is 19.8 Å². The lowest BCUT2D eigenvalue weighted by Crippen LogP contribution is -2.67. The number of aliphatic hydroxyl groups excluding tert-OH is 12. The fourth-order valence-corrected chi connectivity index (χ4v) is 15.8. The van der Waals surface area contributed by atoms with E-state index in [0.29, 0.717) is 38.5 Å². The van der Waals surface area contributed by atoms with Crippen molar-refractivity contribution < 1.29 is 104 Å². The van der Waals surface area contributed by atoms with Gasteiger partial charge in [-0.05, 0) is 105 Å². The standard InChI is InChI=1S/C52H82O21/c1-22-10-15-52(47(65)73-45-39(63)36(60)34(58)27(19-53)68-45)17-16-50(6)24(25(52)18-22)8-9-30-49(5)13-12-31(48(3,4)29(49)11-14-51(30,50)7)70-46-40(64)42(72-43-37(61)33(57)26(55)21-66-43)41(28(20-54)69-46)71-44-38(62)35(59)32(56)23(2)67-44/h8,23,25-46,53-64H,1,9-21H2,2-7H3/t23-,25-,26+,27-,28+,29-,30-,31+,32+,33+,34-,35-,36-,37+,38+,39-,40-,41+,42+,43-,44-,45-,46+,49+,50-,51+,52-/m0/s1. The smallest absolute Gasteiger partial charge is 0.315 e. The molecule has 21 heteroatoms. The summed E-state index contributed by atoms with van der Waals surface area (Å²) in [6.45, 7) is 15.5. The quantitative estimate of drug-likeness (QED) is 0.0721. The molecule has 0 spiro atoms. The monoisotopic (exact) mass is 1040 g/mol. The Morgan fingerprint density at radius 3 is 1.99 bits per heavy atom. The van der Waals surface area contributed by atoms with Crippen LogP contribution in [0.15, 0.2) is 23.8 Å². The minimum Gasteiger partial charge on any atom is -0.432 e. The van der Waals surface area contributed by atoms with Crippen molar-refractivity contribution in [3.05, 3.63) is 23.8 Å². The molecule has 0 unspecified atom stereocenters. The SMILES string of the molecule is C=C1CC[C@]2(C(=O)O[C@@H]3O[C@@H](CO)[C@H](O)[C@H](O)[C@@H]3O)CC[C@@]3(C)C(=CC[C@H]4[C@]5(C)CC[C@@H](O[C@H]6O[C@H](CO)[C@@H](O[C@@H]7O[C@@H](C)[C@@H](O)[C@H](O)[C@H]7O)[C@H](O[C@@H]7OC[C@@H](O)[C@@H](O)[C@H]7O)[C@@H]6O)C(C)(C)[C@@H]5CC[C@]43C)[C@@H]2C1. The summed E-state index contributed by atoms with van der Waals surface area (Å²) in [6.07, 6.45) is -20.7. The summed E-state index contributed by atoms with van der Waals surface area (Å²) >= 11 is 0. The van der Waals surface area contributed by atoms with Crippen LogP contribution in [0.25, 0.3) is 0 Å². The number of fused-ring (bicyclic) bond motifs is 7. The van der Waals surface area contributed by atoms with E-state index in [1.807, 2.05) is 0 Å². The number of rotatable bonds is 10. The molecular weight excluding hydrogens is 961 g/mol. The van der Waals surface area contributed by atoms with Gasteiger partial charge < -0.3 is 99.2 Å². The fraction of sp³-hybridized carbons (Fsp3) is 0.904. The van der Waals surface area contributed by atoms with Crippen LogP contribution in [0.5, 0.6) is 0 Å². The van der Waals surface area contributed by atoms with Gasteiger partial charge in [0, 0.05) is 5.92 Å². The molecule has 9 aliphatic rings. The molecule has 4 heterocycles. The minimum absolute atomic E-state index is 0.117. The number of carbonyl (C=O) groups excluding carboxylic acids is 1. The number of esters is 1. The molecule has 4 aliphatic heterocycles. The van der Waals surface area contributed by atoms with Crippen LogP contribution in [0.3, 0.4) is 0 Å². The Balaban J connectivity index is 0.949. The second-order valence-electron chi connectivity index (χ2n) is 24.4. The van der Waals surface area contributed by atoms with E-state index < -0.39 is 159 Å². The number of ether oxygens (including phenoxy) is 8. The minimum atomic E-state index is -1.78. The van der Waals surface area contributed by atoms with Crippen molar-refractivity contribution >= 4 is 5.97 Å². The number of hydrogen-bond donors (Lipinski definition) is 12. The maximum atomic E-state index is 14.6. The molecule has 0 radical (unpaired) electrons.